The van der Waals surface area contributed by atoms with Crippen LogP contribution in [0.3, 0.4) is 0 Å². The van der Waals surface area contributed by atoms with Gasteiger partial charge in [-0.15, -0.1) is 0 Å². The van der Waals surface area contributed by atoms with E-state index < -0.39 is 50.8 Å². The third-order valence-electron chi connectivity index (χ3n) is 2.63. The molecular weight excluding hydrogens is 305 g/mol. The van der Waals surface area contributed by atoms with Crippen molar-refractivity contribution in [2.75, 3.05) is 6.54 Å². The van der Waals surface area contributed by atoms with Gasteiger partial charge in [-0.25, -0.2) is 17.6 Å². The zero-order chi connectivity index (χ0) is 16.4. The Morgan fingerprint density at radius 2 is 1.86 bits per heavy atom. The number of sulfonamides is 1. The summed E-state index contributed by atoms with van der Waals surface area (Å²) in [6.45, 7) is 2.01. The summed E-state index contributed by atoms with van der Waals surface area (Å²) in [7, 11) is -4.47. The van der Waals surface area contributed by atoms with Crippen molar-refractivity contribution in [3.8, 4) is 0 Å². The molecule has 0 saturated heterocycles. The third-order valence-corrected chi connectivity index (χ3v) is 4.67. The van der Waals surface area contributed by atoms with E-state index in [1.54, 1.807) is 0 Å². The zero-order valence-electron chi connectivity index (χ0n) is 11.3. The first-order valence-corrected chi connectivity index (χ1v) is 7.28. The maximum absolute atomic E-state index is 13.7. The summed E-state index contributed by atoms with van der Waals surface area (Å²) in [5.41, 5.74) is -0.408. The molecule has 0 amide bonds. The van der Waals surface area contributed by atoms with Crippen LogP contribution in [0.2, 0.25) is 0 Å². The minimum Gasteiger partial charge on any atom is -0.480 e. The first-order chi connectivity index (χ1) is 9.57. The molecule has 0 atom stereocenters. The molecule has 1 rings (SSSR count). The fourth-order valence-electron chi connectivity index (χ4n) is 1.64. The van der Waals surface area contributed by atoms with Crippen molar-refractivity contribution in [1.82, 2.24) is 4.31 Å². The van der Waals surface area contributed by atoms with Crippen molar-refractivity contribution in [2.24, 2.45) is 0 Å². The minimum absolute atomic E-state index is 0.408. The van der Waals surface area contributed by atoms with Gasteiger partial charge in [0.15, 0.2) is 0 Å². The highest BCUT2D eigenvalue weighted by molar-refractivity contribution is 7.89. The van der Waals surface area contributed by atoms with Gasteiger partial charge < -0.3 is 10.2 Å². The highest BCUT2D eigenvalue weighted by atomic mass is 32.2. The molecule has 0 aliphatic carbocycles. The van der Waals surface area contributed by atoms with E-state index in [1.807, 2.05) is 0 Å². The maximum Gasteiger partial charge on any atom is 0.335 e. The van der Waals surface area contributed by atoms with E-state index in [0.29, 0.717) is 10.4 Å². The fraction of sp³-hybridized carbons (Fsp3) is 0.333. The SMILES string of the molecule is CC(C)N(CC(=O)O)S(=O)(=O)c1cc(C(=O)O)ccc1F. The lowest BCUT2D eigenvalue weighted by Crippen LogP contribution is -2.41. The summed E-state index contributed by atoms with van der Waals surface area (Å²) in [6.07, 6.45) is 0. The molecule has 9 heteroatoms. The van der Waals surface area contributed by atoms with Crippen molar-refractivity contribution < 1.29 is 32.6 Å². The number of hydrogen-bond donors (Lipinski definition) is 2. The van der Waals surface area contributed by atoms with Crippen LogP contribution in [0.5, 0.6) is 0 Å². The second kappa shape index (κ2) is 6.19. The molecule has 0 spiro atoms. The van der Waals surface area contributed by atoms with E-state index in [4.69, 9.17) is 10.2 Å². The van der Waals surface area contributed by atoms with Crippen LogP contribution >= 0.6 is 0 Å². The molecule has 0 fully saturated rings. The summed E-state index contributed by atoms with van der Waals surface area (Å²) >= 11 is 0. The van der Waals surface area contributed by atoms with Crippen LogP contribution in [0.25, 0.3) is 0 Å². The molecule has 0 heterocycles. The molecule has 0 aliphatic rings. The lowest BCUT2D eigenvalue weighted by molar-refractivity contribution is -0.137. The van der Waals surface area contributed by atoms with E-state index in [0.717, 1.165) is 12.1 Å². The molecule has 0 saturated carbocycles. The molecule has 1 aromatic carbocycles. The molecule has 2 N–H and O–H groups in total. The normalized spacial score (nSPS) is 11.9. The Morgan fingerprint density at radius 3 is 2.29 bits per heavy atom. The first-order valence-electron chi connectivity index (χ1n) is 5.84. The van der Waals surface area contributed by atoms with Gasteiger partial charge in [0.05, 0.1) is 5.56 Å². The number of benzene rings is 1. The smallest absolute Gasteiger partial charge is 0.335 e. The van der Waals surface area contributed by atoms with Crippen molar-refractivity contribution in [3.05, 3.63) is 29.6 Å². The highest BCUT2D eigenvalue weighted by Crippen LogP contribution is 2.22. The van der Waals surface area contributed by atoms with Crippen LogP contribution in [0.15, 0.2) is 23.1 Å². The Kier molecular flexibility index (Phi) is 5.02. The largest absolute Gasteiger partial charge is 0.480 e. The molecule has 0 radical (unpaired) electrons. The number of hydrogen-bond acceptors (Lipinski definition) is 4. The van der Waals surface area contributed by atoms with Crippen molar-refractivity contribution in [3.63, 3.8) is 0 Å². The summed E-state index contributed by atoms with van der Waals surface area (Å²) in [4.78, 5) is 20.7. The van der Waals surface area contributed by atoms with E-state index in [2.05, 4.69) is 0 Å². The van der Waals surface area contributed by atoms with Gasteiger partial charge in [0.2, 0.25) is 10.0 Å². The van der Waals surface area contributed by atoms with E-state index in [-0.39, 0.29) is 0 Å². The molecule has 0 aliphatic heterocycles. The Hall–Kier alpha value is -2.00. The van der Waals surface area contributed by atoms with Gasteiger partial charge in [0.1, 0.15) is 17.3 Å². The van der Waals surface area contributed by atoms with Crippen LogP contribution in [0.1, 0.15) is 24.2 Å². The molecular formula is C12H14FNO6S. The topological polar surface area (TPSA) is 112 Å². The Balaban J connectivity index is 3.43. The second-order valence-corrected chi connectivity index (χ2v) is 6.35. The number of nitrogens with zero attached hydrogens (tertiary/aromatic N) is 1. The van der Waals surface area contributed by atoms with Gasteiger partial charge in [0.25, 0.3) is 0 Å². The van der Waals surface area contributed by atoms with Crippen LogP contribution in [0.4, 0.5) is 4.39 Å². The van der Waals surface area contributed by atoms with Crippen LogP contribution < -0.4 is 0 Å². The van der Waals surface area contributed by atoms with E-state index in [1.165, 1.54) is 13.8 Å². The molecule has 1 aromatic rings. The molecule has 7 nitrogen and oxygen atoms in total. The van der Waals surface area contributed by atoms with Gasteiger partial charge >= 0.3 is 11.9 Å². The molecule has 0 aromatic heterocycles. The fourth-order valence-corrected chi connectivity index (χ4v) is 3.32. The highest BCUT2D eigenvalue weighted by Gasteiger charge is 2.32. The van der Waals surface area contributed by atoms with Gasteiger partial charge in [-0.2, -0.15) is 4.31 Å². The van der Waals surface area contributed by atoms with Crippen molar-refractivity contribution >= 4 is 22.0 Å². The molecule has 0 unspecified atom stereocenters. The number of rotatable bonds is 6. The predicted molar refractivity (Wildman–Crippen MR) is 70.0 cm³/mol. The monoisotopic (exact) mass is 319 g/mol. The van der Waals surface area contributed by atoms with Crippen LogP contribution in [-0.2, 0) is 14.8 Å². The quantitative estimate of drug-likeness (QED) is 0.809. The predicted octanol–water partition coefficient (Wildman–Crippen LogP) is 1.01. The number of carboxylic acid groups (broad SMARTS) is 2. The maximum atomic E-state index is 13.7. The first kappa shape index (κ1) is 17.1. The lowest BCUT2D eigenvalue weighted by Gasteiger charge is -2.24. The van der Waals surface area contributed by atoms with Gasteiger partial charge in [-0.05, 0) is 32.0 Å². The zero-order valence-corrected chi connectivity index (χ0v) is 12.1. The number of carbonyl (C=O) groups is 2. The standard InChI is InChI=1S/C12H14FNO6S/c1-7(2)14(6-11(15)16)21(19,20)10-5-8(12(17)18)3-4-9(10)13/h3-5,7H,6H2,1-2H3,(H,15,16)(H,17,18). The summed E-state index contributed by atoms with van der Waals surface area (Å²) in [6, 6.07) is 1.58. The Labute approximate surface area is 120 Å². The summed E-state index contributed by atoms with van der Waals surface area (Å²) in [5, 5.41) is 17.6. The summed E-state index contributed by atoms with van der Waals surface area (Å²) < 4.78 is 39.0. The lowest BCUT2D eigenvalue weighted by atomic mass is 10.2. The third kappa shape index (κ3) is 3.76. The van der Waals surface area contributed by atoms with E-state index >= 15 is 0 Å². The van der Waals surface area contributed by atoms with Gasteiger partial charge in [-0.3, -0.25) is 4.79 Å². The van der Waals surface area contributed by atoms with Crippen molar-refractivity contribution in [2.45, 2.75) is 24.8 Å². The minimum atomic E-state index is -4.47. The van der Waals surface area contributed by atoms with Crippen LogP contribution in [0, 0.1) is 5.82 Å². The number of aliphatic carboxylic acids is 1. The average molecular weight is 319 g/mol. The number of aromatic carboxylic acids is 1. The molecule has 0 bridgehead atoms. The van der Waals surface area contributed by atoms with Gasteiger partial charge in [-0.1, -0.05) is 0 Å². The Morgan fingerprint density at radius 1 is 1.29 bits per heavy atom. The summed E-state index contributed by atoms with van der Waals surface area (Å²) in [5.74, 6) is -3.96. The second-order valence-electron chi connectivity index (χ2n) is 4.49. The number of halogens is 1. The molecule has 116 valence electrons. The van der Waals surface area contributed by atoms with Crippen LogP contribution in [-0.4, -0.2) is 47.5 Å². The Bertz CT molecular complexity index is 670. The van der Waals surface area contributed by atoms with Gasteiger partial charge in [0, 0.05) is 6.04 Å². The van der Waals surface area contributed by atoms with Crippen molar-refractivity contribution in [1.29, 1.82) is 0 Å². The molecule has 21 heavy (non-hydrogen) atoms. The number of carboxylic acids is 2. The average Bonchev–Trinajstić information content (AvgIpc) is 2.35. The van der Waals surface area contributed by atoms with E-state index in [9.17, 15) is 22.4 Å².